The summed E-state index contributed by atoms with van der Waals surface area (Å²) in [6, 6.07) is 2.02. The summed E-state index contributed by atoms with van der Waals surface area (Å²) in [5.41, 5.74) is 0.322. The molecule has 1 aromatic carbocycles. The molecule has 114 valence electrons. The Morgan fingerprint density at radius 1 is 1.20 bits per heavy atom. The Hall–Kier alpha value is -0.850. The first-order valence-electron chi connectivity index (χ1n) is 6.17. The molecule has 0 aliphatic carbocycles. The summed E-state index contributed by atoms with van der Waals surface area (Å²) >= 11 is 0. The number of hydrogen-bond donors (Lipinski definition) is 1. The Bertz CT molecular complexity index is 444. The highest BCUT2D eigenvalue weighted by Gasteiger charge is 2.45. The van der Waals surface area contributed by atoms with E-state index in [0.717, 1.165) is 6.07 Å². The van der Waals surface area contributed by atoms with Gasteiger partial charge in [0.2, 0.25) is 0 Å². The monoisotopic (exact) mass is 312 g/mol. The third-order valence-corrected chi connectivity index (χ3v) is 3.34. The summed E-state index contributed by atoms with van der Waals surface area (Å²) < 4.78 is 53.2. The molecule has 1 aliphatic heterocycles. The van der Waals surface area contributed by atoms with Gasteiger partial charge in [-0.2, -0.15) is 13.2 Å². The van der Waals surface area contributed by atoms with Gasteiger partial charge in [-0.25, -0.2) is 4.39 Å². The van der Waals surface area contributed by atoms with Crippen molar-refractivity contribution in [3.63, 3.8) is 0 Å². The van der Waals surface area contributed by atoms with Crippen LogP contribution in [-0.4, -0.2) is 37.3 Å². The first-order valence-corrected chi connectivity index (χ1v) is 6.17. The van der Waals surface area contributed by atoms with Crippen molar-refractivity contribution >= 4 is 12.4 Å². The number of hydrogen-bond acceptors (Lipinski definition) is 2. The summed E-state index contributed by atoms with van der Waals surface area (Å²) in [7, 11) is 0. The zero-order valence-corrected chi connectivity index (χ0v) is 11.8. The zero-order valence-electron chi connectivity index (χ0n) is 11.0. The maximum atomic E-state index is 13.5. The summed E-state index contributed by atoms with van der Waals surface area (Å²) in [6.07, 6.45) is -4.40. The molecule has 1 saturated heterocycles. The van der Waals surface area contributed by atoms with Crippen molar-refractivity contribution in [1.82, 2.24) is 10.2 Å². The van der Waals surface area contributed by atoms with E-state index in [1.807, 2.05) is 0 Å². The summed E-state index contributed by atoms with van der Waals surface area (Å²) in [5.74, 6) is -0.595. The van der Waals surface area contributed by atoms with Gasteiger partial charge >= 0.3 is 6.18 Å². The van der Waals surface area contributed by atoms with Gasteiger partial charge in [-0.1, -0.05) is 12.1 Å². The molecule has 1 N–H and O–H groups in total. The fourth-order valence-corrected chi connectivity index (χ4v) is 2.33. The van der Waals surface area contributed by atoms with E-state index in [1.54, 1.807) is 0 Å². The molecule has 0 unspecified atom stereocenters. The van der Waals surface area contributed by atoms with Crippen LogP contribution in [0.3, 0.4) is 0 Å². The molecule has 1 aromatic rings. The fourth-order valence-electron chi connectivity index (χ4n) is 2.33. The molecular weight excluding hydrogens is 296 g/mol. The molecule has 0 spiro atoms. The highest BCUT2D eigenvalue weighted by atomic mass is 35.5. The Morgan fingerprint density at radius 3 is 2.30 bits per heavy atom. The van der Waals surface area contributed by atoms with Crippen LogP contribution in [0.1, 0.15) is 17.2 Å². The van der Waals surface area contributed by atoms with Crippen LogP contribution in [0.2, 0.25) is 0 Å². The van der Waals surface area contributed by atoms with Crippen molar-refractivity contribution in [3.05, 3.63) is 35.1 Å². The Morgan fingerprint density at radius 2 is 1.80 bits per heavy atom. The smallest absolute Gasteiger partial charge is 0.314 e. The van der Waals surface area contributed by atoms with Gasteiger partial charge in [-0.3, -0.25) is 4.90 Å². The number of piperazine rings is 1. The Balaban J connectivity index is 0.00000200. The van der Waals surface area contributed by atoms with Gasteiger partial charge in [0, 0.05) is 26.2 Å². The number of halogens is 5. The second-order valence-corrected chi connectivity index (χ2v) is 4.74. The van der Waals surface area contributed by atoms with Gasteiger partial charge in [0.05, 0.1) is 0 Å². The molecule has 20 heavy (non-hydrogen) atoms. The van der Waals surface area contributed by atoms with E-state index < -0.39 is 18.0 Å². The molecule has 0 amide bonds. The largest absolute Gasteiger partial charge is 0.408 e. The van der Waals surface area contributed by atoms with E-state index in [4.69, 9.17) is 0 Å². The molecule has 1 heterocycles. The first-order chi connectivity index (χ1) is 8.89. The van der Waals surface area contributed by atoms with Crippen LogP contribution >= 0.6 is 12.4 Å². The van der Waals surface area contributed by atoms with Crippen LogP contribution < -0.4 is 5.32 Å². The van der Waals surface area contributed by atoms with Gasteiger partial charge in [0.15, 0.2) is 0 Å². The molecule has 0 radical (unpaired) electrons. The first kappa shape index (κ1) is 17.2. The SMILES string of the molecule is Cc1ccc([C@@H](N2CCNCC2)C(F)(F)F)cc1F.Cl. The minimum Gasteiger partial charge on any atom is -0.314 e. The van der Waals surface area contributed by atoms with Crippen molar-refractivity contribution in [2.24, 2.45) is 0 Å². The quantitative estimate of drug-likeness (QED) is 0.844. The fraction of sp³-hybridized carbons (Fsp3) is 0.538. The molecule has 0 saturated carbocycles. The van der Waals surface area contributed by atoms with Crippen molar-refractivity contribution in [3.8, 4) is 0 Å². The lowest BCUT2D eigenvalue weighted by Gasteiger charge is -2.36. The number of nitrogens with zero attached hydrogens (tertiary/aromatic N) is 1. The minimum atomic E-state index is -4.40. The van der Waals surface area contributed by atoms with Crippen LogP contribution in [0.5, 0.6) is 0 Å². The molecule has 1 atom stereocenters. The zero-order chi connectivity index (χ0) is 14.0. The van der Waals surface area contributed by atoms with E-state index >= 15 is 0 Å². The lowest BCUT2D eigenvalue weighted by atomic mass is 10.0. The van der Waals surface area contributed by atoms with Crippen molar-refractivity contribution in [2.45, 2.75) is 19.1 Å². The maximum absolute atomic E-state index is 13.5. The van der Waals surface area contributed by atoms with Crippen LogP contribution in [0, 0.1) is 12.7 Å². The van der Waals surface area contributed by atoms with E-state index in [0.29, 0.717) is 31.7 Å². The predicted octanol–water partition coefficient (Wildman–Crippen LogP) is 3.06. The third-order valence-electron chi connectivity index (χ3n) is 3.34. The third kappa shape index (κ3) is 3.84. The van der Waals surface area contributed by atoms with Crippen molar-refractivity contribution in [2.75, 3.05) is 26.2 Å². The number of rotatable bonds is 2. The van der Waals surface area contributed by atoms with E-state index in [1.165, 1.54) is 24.0 Å². The number of aryl methyl sites for hydroxylation is 1. The summed E-state index contributed by atoms with van der Waals surface area (Å²) in [6.45, 7) is 3.17. The second-order valence-electron chi connectivity index (χ2n) is 4.74. The highest BCUT2D eigenvalue weighted by Crippen LogP contribution is 2.38. The lowest BCUT2D eigenvalue weighted by molar-refractivity contribution is -0.187. The standard InChI is InChI=1S/C13H16F4N2.ClH/c1-9-2-3-10(8-11(9)14)12(13(15,16)17)19-6-4-18-5-7-19;/h2-3,8,12,18H,4-7H2,1H3;1H/t12-;/m1./s1. The molecule has 0 bridgehead atoms. The van der Waals surface area contributed by atoms with Crippen LogP contribution in [-0.2, 0) is 0 Å². The lowest BCUT2D eigenvalue weighted by Crippen LogP contribution is -2.49. The molecule has 0 aromatic heterocycles. The van der Waals surface area contributed by atoms with Gasteiger partial charge in [0.25, 0.3) is 0 Å². The van der Waals surface area contributed by atoms with Crippen LogP contribution in [0.4, 0.5) is 17.6 Å². The average Bonchev–Trinajstić information content (AvgIpc) is 2.34. The maximum Gasteiger partial charge on any atom is 0.408 e. The van der Waals surface area contributed by atoms with Gasteiger partial charge in [-0.15, -0.1) is 12.4 Å². The molecule has 2 rings (SSSR count). The van der Waals surface area contributed by atoms with Crippen LogP contribution in [0.15, 0.2) is 18.2 Å². The average molecular weight is 313 g/mol. The van der Waals surface area contributed by atoms with E-state index in [-0.39, 0.29) is 18.0 Å². The predicted molar refractivity (Wildman–Crippen MR) is 71.6 cm³/mol. The van der Waals surface area contributed by atoms with E-state index in [2.05, 4.69) is 5.32 Å². The minimum absolute atomic E-state index is 0. The number of benzene rings is 1. The van der Waals surface area contributed by atoms with Crippen molar-refractivity contribution < 1.29 is 17.6 Å². The molecule has 7 heteroatoms. The Labute approximate surface area is 121 Å². The van der Waals surface area contributed by atoms with Crippen LogP contribution in [0.25, 0.3) is 0 Å². The molecule has 1 aliphatic rings. The molecule has 1 fully saturated rings. The molecule has 2 nitrogen and oxygen atoms in total. The summed E-state index contributed by atoms with van der Waals surface area (Å²) in [5, 5.41) is 3.01. The summed E-state index contributed by atoms with van der Waals surface area (Å²) in [4.78, 5) is 1.35. The van der Waals surface area contributed by atoms with Gasteiger partial charge < -0.3 is 5.32 Å². The normalized spacial score (nSPS) is 18.4. The number of nitrogens with one attached hydrogen (secondary N) is 1. The second kappa shape index (κ2) is 6.74. The molecular formula is C13H17ClF4N2. The topological polar surface area (TPSA) is 15.3 Å². The number of alkyl halides is 3. The van der Waals surface area contributed by atoms with Gasteiger partial charge in [0.1, 0.15) is 11.9 Å². The van der Waals surface area contributed by atoms with Crippen molar-refractivity contribution in [1.29, 1.82) is 0 Å². The highest BCUT2D eigenvalue weighted by molar-refractivity contribution is 5.85. The van der Waals surface area contributed by atoms with Gasteiger partial charge in [-0.05, 0) is 24.1 Å². The van der Waals surface area contributed by atoms with E-state index in [9.17, 15) is 17.6 Å². The Kier molecular flexibility index (Phi) is 5.79.